The van der Waals surface area contributed by atoms with Gasteiger partial charge in [0.25, 0.3) is 0 Å². The minimum Gasteiger partial charge on any atom is -0.444 e. The van der Waals surface area contributed by atoms with Crippen molar-refractivity contribution in [1.29, 1.82) is 0 Å². The van der Waals surface area contributed by atoms with Gasteiger partial charge in [0.2, 0.25) is 0 Å². The van der Waals surface area contributed by atoms with Gasteiger partial charge in [0, 0.05) is 6.04 Å². The SMILES string of the molecule is C[C@H](NC(=O)OC(C)(C)C)[C@H](N)c1ccc(F)c(F)c1. The van der Waals surface area contributed by atoms with Gasteiger partial charge in [-0.1, -0.05) is 6.07 Å². The van der Waals surface area contributed by atoms with Crippen LogP contribution in [0.25, 0.3) is 0 Å². The Kier molecular flexibility index (Phi) is 5.05. The van der Waals surface area contributed by atoms with Crippen LogP contribution >= 0.6 is 0 Å². The summed E-state index contributed by atoms with van der Waals surface area (Å²) >= 11 is 0. The predicted octanol–water partition coefficient (Wildman–Crippen LogP) is 2.88. The van der Waals surface area contributed by atoms with Gasteiger partial charge in [-0.05, 0) is 45.4 Å². The number of amides is 1. The Morgan fingerprint density at radius 2 is 1.90 bits per heavy atom. The highest BCUT2D eigenvalue weighted by Gasteiger charge is 2.22. The standard InChI is InChI=1S/C14H20F2N2O2/c1-8(18-13(19)20-14(2,3)4)12(17)9-5-6-10(15)11(16)7-9/h5-8,12H,17H2,1-4H3,(H,18,19)/t8-,12-/m0/s1. The van der Waals surface area contributed by atoms with Crippen molar-refractivity contribution in [2.45, 2.75) is 45.4 Å². The highest BCUT2D eigenvalue weighted by molar-refractivity contribution is 5.68. The predicted molar refractivity (Wildman–Crippen MR) is 72.1 cm³/mol. The van der Waals surface area contributed by atoms with E-state index in [0.717, 1.165) is 12.1 Å². The fraction of sp³-hybridized carbons (Fsp3) is 0.500. The fourth-order valence-corrected chi connectivity index (χ4v) is 1.59. The van der Waals surface area contributed by atoms with Gasteiger partial charge in [0.1, 0.15) is 5.60 Å². The van der Waals surface area contributed by atoms with Crippen molar-refractivity contribution in [3.63, 3.8) is 0 Å². The lowest BCUT2D eigenvalue weighted by Gasteiger charge is -2.25. The van der Waals surface area contributed by atoms with Crippen molar-refractivity contribution in [1.82, 2.24) is 5.32 Å². The molecule has 20 heavy (non-hydrogen) atoms. The number of carbonyl (C=O) groups excluding carboxylic acids is 1. The van der Waals surface area contributed by atoms with Gasteiger partial charge in [-0.25, -0.2) is 13.6 Å². The molecule has 2 atom stereocenters. The molecule has 1 rings (SSSR count). The monoisotopic (exact) mass is 286 g/mol. The molecule has 4 nitrogen and oxygen atoms in total. The summed E-state index contributed by atoms with van der Waals surface area (Å²) in [4.78, 5) is 11.6. The maximum absolute atomic E-state index is 13.1. The molecule has 0 aromatic heterocycles. The van der Waals surface area contributed by atoms with E-state index in [4.69, 9.17) is 10.5 Å². The smallest absolute Gasteiger partial charge is 0.407 e. The van der Waals surface area contributed by atoms with E-state index in [1.165, 1.54) is 6.07 Å². The summed E-state index contributed by atoms with van der Waals surface area (Å²) in [6.45, 7) is 6.89. The second-order valence-electron chi connectivity index (χ2n) is 5.63. The minimum atomic E-state index is -0.970. The molecule has 1 aromatic carbocycles. The van der Waals surface area contributed by atoms with E-state index in [0.29, 0.717) is 5.56 Å². The Hall–Kier alpha value is -1.69. The van der Waals surface area contributed by atoms with Crippen LogP contribution in [0.4, 0.5) is 13.6 Å². The number of rotatable bonds is 3. The van der Waals surface area contributed by atoms with Crippen LogP contribution in [0, 0.1) is 11.6 Å². The first kappa shape index (κ1) is 16.4. The number of alkyl carbamates (subject to hydrolysis) is 1. The summed E-state index contributed by atoms with van der Waals surface area (Å²) in [6.07, 6.45) is -0.608. The summed E-state index contributed by atoms with van der Waals surface area (Å²) in [5, 5.41) is 2.57. The zero-order valence-electron chi connectivity index (χ0n) is 12.0. The molecule has 0 saturated heterocycles. The second-order valence-corrected chi connectivity index (χ2v) is 5.63. The van der Waals surface area contributed by atoms with E-state index in [9.17, 15) is 13.6 Å². The third-order valence-electron chi connectivity index (χ3n) is 2.61. The zero-order valence-corrected chi connectivity index (χ0v) is 12.0. The van der Waals surface area contributed by atoms with Gasteiger partial charge in [0.15, 0.2) is 11.6 Å². The van der Waals surface area contributed by atoms with Crippen LogP contribution in [0.2, 0.25) is 0 Å². The molecule has 0 spiro atoms. The molecule has 6 heteroatoms. The molecule has 112 valence electrons. The number of nitrogens with one attached hydrogen (secondary N) is 1. The third-order valence-corrected chi connectivity index (χ3v) is 2.61. The van der Waals surface area contributed by atoms with E-state index in [1.54, 1.807) is 27.7 Å². The topological polar surface area (TPSA) is 64.3 Å². The van der Waals surface area contributed by atoms with Gasteiger partial charge >= 0.3 is 6.09 Å². The normalized spacial score (nSPS) is 14.6. The number of carbonyl (C=O) groups is 1. The molecule has 0 aliphatic carbocycles. The lowest BCUT2D eigenvalue weighted by molar-refractivity contribution is 0.0501. The van der Waals surface area contributed by atoms with Crippen LogP contribution in [0.1, 0.15) is 39.3 Å². The van der Waals surface area contributed by atoms with Crippen molar-refractivity contribution >= 4 is 6.09 Å². The molecule has 0 unspecified atom stereocenters. The van der Waals surface area contributed by atoms with Crippen LogP contribution in [0.5, 0.6) is 0 Å². The maximum Gasteiger partial charge on any atom is 0.407 e. The molecule has 0 fully saturated rings. The van der Waals surface area contributed by atoms with E-state index in [2.05, 4.69) is 5.32 Å². The minimum absolute atomic E-state index is 0.396. The molecular formula is C14H20F2N2O2. The Bertz CT molecular complexity index is 487. The molecule has 0 aliphatic rings. The summed E-state index contributed by atoms with van der Waals surface area (Å²) in [5.74, 6) is -1.91. The fourth-order valence-electron chi connectivity index (χ4n) is 1.59. The first-order chi connectivity index (χ1) is 9.10. The van der Waals surface area contributed by atoms with Gasteiger partial charge < -0.3 is 15.8 Å². The Morgan fingerprint density at radius 3 is 2.40 bits per heavy atom. The number of benzene rings is 1. The molecule has 1 aromatic rings. The Labute approximate surface area is 117 Å². The largest absolute Gasteiger partial charge is 0.444 e. The van der Waals surface area contributed by atoms with Gasteiger partial charge in [-0.3, -0.25) is 0 Å². The first-order valence-corrected chi connectivity index (χ1v) is 6.30. The second kappa shape index (κ2) is 6.17. The van der Waals surface area contributed by atoms with Crippen molar-refractivity contribution in [2.75, 3.05) is 0 Å². The van der Waals surface area contributed by atoms with Crippen molar-refractivity contribution in [2.24, 2.45) is 5.73 Å². The zero-order chi connectivity index (χ0) is 15.5. The molecule has 0 radical (unpaired) electrons. The van der Waals surface area contributed by atoms with E-state index in [1.807, 2.05) is 0 Å². The molecule has 3 N–H and O–H groups in total. The van der Waals surface area contributed by atoms with Crippen molar-refractivity contribution in [3.05, 3.63) is 35.4 Å². The summed E-state index contributed by atoms with van der Waals surface area (Å²) in [5.41, 5.74) is 5.69. The van der Waals surface area contributed by atoms with Crippen LogP contribution in [-0.2, 0) is 4.74 Å². The highest BCUT2D eigenvalue weighted by atomic mass is 19.2. The van der Waals surface area contributed by atoms with E-state index < -0.39 is 35.4 Å². The Balaban J connectivity index is 2.69. The number of hydrogen-bond acceptors (Lipinski definition) is 3. The number of hydrogen-bond donors (Lipinski definition) is 2. The maximum atomic E-state index is 13.1. The van der Waals surface area contributed by atoms with Crippen molar-refractivity contribution in [3.8, 4) is 0 Å². The summed E-state index contributed by atoms with van der Waals surface area (Å²) < 4.78 is 31.1. The summed E-state index contributed by atoms with van der Waals surface area (Å²) in [7, 11) is 0. The highest BCUT2D eigenvalue weighted by Crippen LogP contribution is 2.17. The van der Waals surface area contributed by atoms with E-state index >= 15 is 0 Å². The number of nitrogens with two attached hydrogens (primary N) is 1. The molecule has 0 saturated carbocycles. The van der Waals surface area contributed by atoms with Crippen molar-refractivity contribution < 1.29 is 18.3 Å². The molecule has 0 bridgehead atoms. The van der Waals surface area contributed by atoms with Gasteiger partial charge in [-0.2, -0.15) is 0 Å². The molecule has 0 heterocycles. The first-order valence-electron chi connectivity index (χ1n) is 6.30. The summed E-state index contributed by atoms with van der Waals surface area (Å²) in [6, 6.07) is 2.25. The number of halogens is 2. The quantitative estimate of drug-likeness (QED) is 0.898. The van der Waals surface area contributed by atoms with Crippen LogP contribution < -0.4 is 11.1 Å². The lowest BCUT2D eigenvalue weighted by atomic mass is 10.0. The molecule has 1 amide bonds. The number of ether oxygens (including phenoxy) is 1. The molecule has 0 aliphatic heterocycles. The average Bonchev–Trinajstić information content (AvgIpc) is 2.29. The van der Waals surface area contributed by atoms with Crippen LogP contribution in [0.15, 0.2) is 18.2 Å². The van der Waals surface area contributed by atoms with Crippen LogP contribution in [-0.4, -0.2) is 17.7 Å². The van der Waals surface area contributed by atoms with Gasteiger partial charge in [-0.15, -0.1) is 0 Å². The average molecular weight is 286 g/mol. The third kappa shape index (κ3) is 4.77. The van der Waals surface area contributed by atoms with E-state index in [-0.39, 0.29) is 0 Å². The molecular weight excluding hydrogens is 266 g/mol. The van der Waals surface area contributed by atoms with Crippen LogP contribution in [0.3, 0.4) is 0 Å². The lowest BCUT2D eigenvalue weighted by Crippen LogP contribution is -2.43. The Morgan fingerprint density at radius 1 is 1.30 bits per heavy atom. The van der Waals surface area contributed by atoms with Gasteiger partial charge in [0.05, 0.1) is 6.04 Å².